The second kappa shape index (κ2) is 9.07. The maximum atomic E-state index is 11.6. The molecule has 1 aliphatic rings. The molecule has 0 bridgehead atoms. The molecule has 33 heavy (non-hydrogen) atoms. The highest BCUT2D eigenvalue weighted by Crippen LogP contribution is 2.33. The average molecular weight is 443 g/mol. The fourth-order valence-electron chi connectivity index (χ4n) is 4.06. The molecule has 2 N–H and O–H groups in total. The molecule has 0 radical (unpaired) electrons. The summed E-state index contributed by atoms with van der Waals surface area (Å²) in [6.45, 7) is 3.21. The lowest BCUT2D eigenvalue weighted by Crippen LogP contribution is -2.39. The van der Waals surface area contributed by atoms with E-state index in [4.69, 9.17) is 4.98 Å². The molecule has 1 saturated carbocycles. The highest BCUT2D eigenvalue weighted by molar-refractivity contribution is 5.82. The van der Waals surface area contributed by atoms with Crippen molar-refractivity contribution in [1.82, 2.24) is 30.5 Å². The number of carboxylic acid groups (broad SMARTS) is 1. The Balaban J connectivity index is 1.34. The standard InChI is InChI=1S/C25H26N6O2/c1-16(25(32)33)31(13-12-17-2-3-17)15-18-4-10-23-21(14-18)9-11-22(26-23)19-5-7-20(8-6-19)24-27-29-30-28-24/h4-11,14,16-17H,2-3,12-13,15H2,1H3,(H,32,33)(H,27,28,29,30). The van der Waals surface area contributed by atoms with E-state index < -0.39 is 12.0 Å². The smallest absolute Gasteiger partial charge is 0.320 e. The van der Waals surface area contributed by atoms with Gasteiger partial charge in [0.1, 0.15) is 6.04 Å². The molecule has 0 aliphatic heterocycles. The molecular formula is C25H26N6O2. The molecule has 1 aliphatic carbocycles. The first-order valence-corrected chi connectivity index (χ1v) is 11.3. The Kier molecular flexibility index (Phi) is 5.83. The summed E-state index contributed by atoms with van der Waals surface area (Å²) < 4.78 is 0. The first kappa shape index (κ1) is 21.2. The third-order valence-corrected chi connectivity index (χ3v) is 6.35. The maximum Gasteiger partial charge on any atom is 0.320 e. The van der Waals surface area contributed by atoms with Crippen molar-refractivity contribution in [3.05, 3.63) is 60.2 Å². The van der Waals surface area contributed by atoms with Crippen LogP contribution in [0.15, 0.2) is 54.6 Å². The lowest BCUT2D eigenvalue weighted by Gasteiger charge is -2.26. The predicted octanol–water partition coefficient (Wildman–Crippen LogP) is 4.16. The first-order chi connectivity index (χ1) is 16.1. The number of carboxylic acids is 1. The fraction of sp³-hybridized carbons (Fsp3) is 0.320. The van der Waals surface area contributed by atoms with Gasteiger partial charge in [0.15, 0.2) is 0 Å². The van der Waals surface area contributed by atoms with E-state index in [2.05, 4.69) is 43.7 Å². The summed E-state index contributed by atoms with van der Waals surface area (Å²) in [5, 5.41) is 24.6. The van der Waals surface area contributed by atoms with Crippen LogP contribution in [0.3, 0.4) is 0 Å². The largest absolute Gasteiger partial charge is 0.480 e. The van der Waals surface area contributed by atoms with Crippen LogP contribution in [-0.4, -0.2) is 54.2 Å². The minimum Gasteiger partial charge on any atom is -0.480 e. The summed E-state index contributed by atoms with van der Waals surface area (Å²) in [6, 6.07) is 17.7. The Morgan fingerprint density at radius 1 is 1.12 bits per heavy atom. The summed E-state index contributed by atoms with van der Waals surface area (Å²) in [6.07, 6.45) is 3.62. The van der Waals surface area contributed by atoms with Crippen molar-refractivity contribution in [3.8, 4) is 22.6 Å². The molecule has 2 aromatic heterocycles. The van der Waals surface area contributed by atoms with Crippen LogP contribution in [0, 0.1) is 5.92 Å². The van der Waals surface area contributed by atoms with Gasteiger partial charge >= 0.3 is 5.97 Å². The number of pyridine rings is 1. The number of rotatable bonds is 9. The van der Waals surface area contributed by atoms with Crippen LogP contribution < -0.4 is 0 Å². The molecule has 4 aromatic rings. The van der Waals surface area contributed by atoms with Gasteiger partial charge in [0.2, 0.25) is 5.82 Å². The third kappa shape index (κ3) is 4.90. The second-order valence-corrected chi connectivity index (χ2v) is 8.75. The van der Waals surface area contributed by atoms with Crippen LogP contribution >= 0.6 is 0 Å². The average Bonchev–Trinajstić information content (AvgIpc) is 3.51. The summed E-state index contributed by atoms with van der Waals surface area (Å²) in [5.41, 5.74) is 4.80. The van der Waals surface area contributed by atoms with Gasteiger partial charge in [0.05, 0.1) is 11.2 Å². The number of tetrazole rings is 1. The zero-order valence-electron chi connectivity index (χ0n) is 18.5. The zero-order valence-corrected chi connectivity index (χ0v) is 18.5. The Morgan fingerprint density at radius 2 is 1.91 bits per heavy atom. The molecule has 8 heteroatoms. The lowest BCUT2D eigenvalue weighted by atomic mass is 10.1. The van der Waals surface area contributed by atoms with Crippen LogP contribution in [0.5, 0.6) is 0 Å². The Bertz CT molecular complexity index is 1250. The number of aromatic amines is 1. The van der Waals surface area contributed by atoms with Crippen LogP contribution in [0.2, 0.25) is 0 Å². The summed E-state index contributed by atoms with van der Waals surface area (Å²) >= 11 is 0. The highest BCUT2D eigenvalue weighted by Gasteiger charge is 2.26. The molecule has 168 valence electrons. The van der Waals surface area contributed by atoms with E-state index in [9.17, 15) is 9.90 Å². The van der Waals surface area contributed by atoms with Crippen molar-refractivity contribution < 1.29 is 9.90 Å². The van der Waals surface area contributed by atoms with Crippen LogP contribution in [0.4, 0.5) is 0 Å². The Labute approximate surface area is 191 Å². The summed E-state index contributed by atoms with van der Waals surface area (Å²) in [5.74, 6) is 0.557. The molecule has 1 atom stereocenters. The number of carbonyl (C=O) groups is 1. The van der Waals surface area contributed by atoms with Gasteiger partial charge in [-0.15, -0.1) is 10.2 Å². The van der Waals surface area contributed by atoms with Crippen LogP contribution in [-0.2, 0) is 11.3 Å². The minimum absolute atomic E-state index is 0.504. The number of aliphatic carboxylic acids is 1. The van der Waals surface area contributed by atoms with Crippen LogP contribution in [0.25, 0.3) is 33.5 Å². The van der Waals surface area contributed by atoms with Gasteiger partial charge in [0, 0.05) is 23.1 Å². The van der Waals surface area contributed by atoms with Gasteiger partial charge in [-0.3, -0.25) is 9.69 Å². The van der Waals surface area contributed by atoms with E-state index >= 15 is 0 Å². The minimum atomic E-state index is -0.775. The van der Waals surface area contributed by atoms with Gasteiger partial charge < -0.3 is 5.11 Å². The van der Waals surface area contributed by atoms with Gasteiger partial charge in [-0.2, -0.15) is 5.21 Å². The maximum absolute atomic E-state index is 11.6. The Morgan fingerprint density at radius 3 is 2.61 bits per heavy atom. The highest BCUT2D eigenvalue weighted by atomic mass is 16.4. The first-order valence-electron chi connectivity index (χ1n) is 11.3. The van der Waals surface area contributed by atoms with Crippen molar-refractivity contribution in [1.29, 1.82) is 0 Å². The number of nitrogens with one attached hydrogen (secondary N) is 1. The van der Waals surface area contributed by atoms with Crippen molar-refractivity contribution in [2.75, 3.05) is 6.54 Å². The van der Waals surface area contributed by atoms with Gasteiger partial charge in [-0.25, -0.2) is 4.98 Å². The van der Waals surface area contributed by atoms with Crippen molar-refractivity contribution in [2.45, 2.75) is 38.8 Å². The van der Waals surface area contributed by atoms with Crippen molar-refractivity contribution >= 4 is 16.9 Å². The molecule has 2 aromatic carbocycles. The van der Waals surface area contributed by atoms with E-state index in [1.165, 1.54) is 12.8 Å². The molecule has 1 unspecified atom stereocenters. The number of hydrogen-bond acceptors (Lipinski definition) is 6. The summed E-state index contributed by atoms with van der Waals surface area (Å²) in [4.78, 5) is 18.5. The van der Waals surface area contributed by atoms with Gasteiger partial charge in [0.25, 0.3) is 0 Å². The number of H-pyrrole nitrogens is 1. The van der Waals surface area contributed by atoms with E-state index in [1.54, 1.807) is 6.92 Å². The second-order valence-electron chi connectivity index (χ2n) is 8.75. The van der Waals surface area contributed by atoms with E-state index in [0.29, 0.717) is 12.4 Å². The molecule has 0 spiro atoms. The number of fused-ring (bicyclic) bond motifs is 1. The SMILES string of the molecule is CC(C(=O)O)N(CCC1CC1)Cc1ccc2nc(-c3ccc(-c4nn[nH]n4)cc3)ccc2c1. The fourth-order valence-corrected chi connectivity index (χ4v) is 4.06. The van der Waals surface area contributed by atoms with Crippen LogP contribution in [0.1, 0.15) is 31.7 Å². The Hall–Kier alpha value is -3.65. The number of nitrogens with zero attached hydrogens (tertiary/aromatic N) is 5. The topological polar surface area (TPSA) is 108 Å². The zero-order chi connectivity index (χ0) is 22.8. The third-order valence-electron chi connectivity index (χ3n) is 6.35. The van der Waals surface area contributed by atoms with Gasteiger partial charge in [-0.1, -0.05) is 49.2 Å². The molecule has 0 amide bonds. The number of hydrogen-bond donors (Lipinski definition) is 2. The van der Waals surface area contributed by atoms with E-state index in [1.807, 2.05) is 36.4 Å². The lowest BCUT2D eigenvalue weighted by molar-refractivity contribution is -0.142. The van der Waals surface area contributed by atoms with Crippen molar-refractivity contribution in [2.24, 2.45) is 5.92 Å². The summed E-state index contributed by atoms with van der Waals surface area (Å²) in [7, 11) is 0. The predicted molar refractivity (Wildman–Crippen MR) is 125 cm³/mol. The van der Waals surface area contributed by atoms with E-state index in [-0.39, 0.29) is 0 Å². The quantitative estimate of drug-likeness (QED) is 0.401. The molecule has 1 fully saturated rings. The number of aromatic nitrogens is 5. The monoisotopic (exact) mass is 442 g/mol. The molecule has 5 rings (SSSR count). The van der Waals surface area contributed by atoms with Gasteiger partial charge in [-0.05, 0) is 54.8 Å². The molecule has 2 heterocycles. The molecular weight excluding hydrogens is 416 g/mol. The van der Waals surface area contributed by atoms with Crippen molar-refractivity contribution in [3.63, 3.8) is 0 Å². The normalized spacial score (nSPS) is 14.6. The molecule has 8 nitrogen and oxygen atoms in total. The molecule has 0 saturated heterocycles. The van der Waals surface area contributed by atoms with E-state index in [0.717, 1.165) is 52.2 Å². The number of benzene rings is 2.